The number of hydrazine groups is 1. The molecule has 0 unspecified atom stereocenters. The van der Waals surface area contributed by atoms with Crippen LogP contribution in [0.3, 0.4) is 0 Å². The van der Waals surface area contributed by atoms with Gasteiger partial charge in [-0.15, -0.1) is 0 Å². The SMILES string of the molecule is NNC(=O)[c-]1cccc1.[Fe].[cH-]1[cH-][cH-][cH-][cH-]1. The smallest absolute Gasteiger partial charge is 0.209 e. The van der Waals surface area contributed by atoms with E-state index in [1.54, 1.807) is 24.3 Å². The fraction of sp³-hybridized carbons (Fsp3) is 0. The summed E-state index contributed by atoms with van der Waals surface area (Å²) in [4.78, 5) is 10.6. The van der Waals surface area contributed by atoms with Crippen LogP contribution >= 0.6 is 0 Å². The molecule has 0 aliphatic rings. The Bertz CT molecular complexity index is 323. The van der Waals surface area contributed by atoms with Crippen molar-refractivity contribution in [2.45, 2.75) is 0 Å². The molecule has 0 radical (unpaired) electrons. The Labute approximate surface area is 99.5 Å². The van der Waals surface area contributed by atoms with Crippen LogP contribution < -0.4 is 11.3 Å². The first-order valence-electron chi connectivity index (χ1n) is 4.24. The minimum Gasteiger partial charge on any atom is -0.748 e. The summed E-state index contributed by atoms with van der Waals surface area (Å²) in [5.41, 5.74) is 2.62. The molecular weight excluding hydrogens is 232 g/mol. The van der Waals surface area contributed by atoms with Gasteiger partial charge in [0.05, 0.1) is 0 Å². The summed E-state index contributed by atoms with van der Waals surface area (Å²) >= 11 is 0. The van der Waals surface area contributed by atoms with Crippen LogP contribution in [-0.4, -0.2) is 5.91 Å². The fourth-order valence-corrected chi connectivity index (χ4v) is 0.929. The molecule has 0 bridgehead atoms. The third-order valence-electron chi connectivity index (χ3n) is 1.61. The maximum Gasteiger partial charge on any atom is 0.209 e. The van der Waals surface area contributed by atoms with Gasteiger partial charge >= 0.3 is 0 Å². The summed E-state index contributed by atoms with van der Waals surface area (Å²) in [6.07, 6.45) is 0. The van der Waals surface area contributed by atoms with Crippen molar-refractivity contribution in [3.63, 3.8) is 0 Å². The molecule has 0 aliphatic carbocycles. The minimum absolute atomic E-state index is 0. The number of hydrogen-bond donors (Lipinski definition) is 2. The van der Waals surface area contributed by atoms with Crippen LogP contribution in [0.5, 0.6) is 0 Å². The van der Waals surface area contributed by atoms with Gasteiger partial charge in [-0.3, -0.25) is 4.79 Å². The monoisotopic (exact) mass is 244 g/mol. The normalized spacial score (nSPS) is 8.07. The maximum absolute atomic E-state index is 10.6. The second kappa shape index (κ2) is 8.00. The average molecular weight is 244 g/mol. The number of rotatable bonds is 1. The zero-order valence-electron chi connectivity index (χ0n) is 8.04. The Balaban J connectivity index is 0.000000280. The summed E-state index contributed by atoms with van der Waals surface area (Å²) in [6.45, 7) is 0. The zero-order chi connectivity index (χ0) is 10.2. The predicted octanol–water partition coefficient (Wildman–Crippen LogP) is 1.41. The largest absolute Gasteiger partial charge is 0.748 e. The van der Waals surface area contributed by atoms with E-state index in [-0.39, 0.29) is 23.0 Å². The first kappa shape index (κ1) is 13.6. The second-order valence-electron chi connectivity index (χ2n) is 2.61. The molecule has 0 saturated heterocycles. The van der Waals surface area contributed by atoms with Crippen LogP contribution in [0.1, 0.15) is 10.4 Å². The van der Waals surface area contributed by atoms with Crippen molar-refractivity contribution >= 4 is 5.91 Å². The van der Waals surface area contributed by atoms with E-state index in [4.69, 9.17) is 5.84 Å². The Morgan fingerprint density at radius 2 is 1.47 bits per heavy atom. The molecule has 0 spiro atoms. The standard InChI is InChI=1S/C6H7N2O.C5H5.Fe/c7-8-6(9)5-3-1-2-4-5;1-2-4-5-3-1;/h1-4H,7H2,(H,8,9);1-5H;/q-1;-5;. The number of carbonyl (C=O) groups excluding carboxylic acids is 1. The molecule has 0 heterocycles. The van der Waals surface area contributed by atoms with Crippen LogP contribution in [0.2, 0.25) is 0 Å². The van der Waals surface area contributed by atoms with Crippen molar-refractivity contribution in [2.75, 3.05) is 0 Å². The Morgan fingerprint density at radius 3 is 1.80 bits per heavy atom. The molecule has 2 aromatic rings. The van der Waals surface area contributed by atoms with Crippen molar-refractivity contribution in [2.24, 2.45) is 5.84 Å². The summed E-state index contributed by atoms with van der Waals surface area (Å²) in [5.74, 6) is 4.61. The van der Waals surface area contributed by atoms with Gasteiger partial charge in [-0.05, 0) is 0 Å². The molecule has 0 aromatic heterocycles. The van der Waals surface area contributed by atoms with Gasteiger partial charge in [0, 0.05) is 17.1 Å². The first-order valence-corrected chi connectivity index (χ1v) is 4.24. The second-order valence-corrected chi connectivity index (χ2v) is 2.61. The molecule has 0 saturated carbocycles. The number of nitrogens with one attached hydrogen (secondary N) is 1. The zero-order valence-corrected chi connectivity index (χ0v) is 9.14. The van der Waals surface area contributed by atoms with E-state index in [0.717, 1.165) is 0 Å². The van der Waals surface area contributed by atoms with Crippen LogP contribution in [0.4, 0.5) is 0 Å². The molecule has 0 atom stereocenters. The number of amides is 1. The van der Waals surface area contributed by atoms with E-state index in [1.165, 1.54) is 0 Å². The number of hydrogen-bond acceptors (Lipinski definition) is 2. The fourth-order valence-electron chi connectivity index (χ4n) is 0.929. The van der Waals surface area contributed by atoms with E-state index in [2.05, 4.69) is 0 Å². The van der Waals surface area contributed by atoms with Crippen LogP contribution in [0, 0.1) is 0 Å². The molecule has 2 rings (SSSR count). The molecule has 0 fully saturated rings. The third-order valence-corrected chi connectivity index (χ3v) is 1.61. The topological polar surface area (TPSA) is 55.1 Å². The van der Waals surface area contributed by atoms with Crippen molar-refractivity contribution in [3.05, 3.63) is 60.2 Å². The molecular formula is C11H12FeN2O-6. The van der Waals surface area contributed by atoms with Gasteiger partial charge in [0.25, 0.3) is 0 Å². The van der Waals surface area contributed by atoms with Crippen LogP contribution in [0.15, 0.2) is 54.6 Å². The van der Waals surface area contributed by atoms with E-state index in [9.17, 15) is 4.79 Å². The van der Waals surface area contributed by atoms with Gasteiger partial charge < -0.3 is 35.8 Å². The summed E-state index contributed by atoms with van der Waals surface area (Å²) in [7, 11) is 0. The molecule has 4 heteroatoms. The third kappa shape index (κ3) is 5.18. The number of carbonyl (C=O) groups is 1. The van der Waals surface area contributed by atoms with Crippen LogP contribution in [0.25, 0.3) is 0 Å². The van der Waals surface area contributed by atoms with Gasteiger partial charge in [-0.1, -0.05) is 5.56 Å². The van der Waals surface area contributed by atoms with E-state index in [1.807, 2.05) is 35.8 Å². The van der Waals surface area contributed by atoms with Crippen molar-refractivity contribution in [1.29, 1.82) is 0 Å². The minimum atomic E-state index is -0.250. The molecule has 15 heavy (non-hydrogen) atoms. The van der Waals surface area contributed by atoms with Gasteiger partial charge in [0.1, 0.15) is 0 Å². The molecule has 3 nitrogen and oxygen atoms in total. The van der Waals surface area contributed by atoms with Crippen molar-refractivity contribution in [1.82, 2.24) is 5.43 Å². The van der Waals surface area contributed by atoms with E-state index in [0.29, 0.717) is 5.56 Å². The van der Waals surface area contributed by atoms with Gasteiger partial charge in [-0.25, -0.2) is 18.0 Å². The molecule has 2 aromatic carbocycles. The first-order chi connectivity index (χ1) is 6.84. The van der Waals surface area contributed by atoms with Gasteiger partial charge in [0.15, 0.2) is 0 Å². The Morgan fingerprint density at radius 1 is 1.07 bits per heavy atom. The van der Waals surface area contributed by atoms with Crippen LogP contribution in [-0.2, 0) is 17.1 Å². The van der Waals surface area contributed by atoms with Crippen molar-refractivity contribution in [3.8, 4) is 0 Å². The number of nitrogens with two attached hydrogens (primary N) is 1. The molecule has 1 amide bonds. The quantitative estimate of drug-likeness (QED) is 0.262. The summed E-state index contributed by atoms with van der Waals surface area (Å²) < 4.78 is 0. The summed E-state index contributed by atoms with van der Waals surface area (Å²) in [6, 6.07) is 17.0. The molecule has 0 aliphatic heterocycles. The van der Waals surface area contributed by atoms with Gasteiger partial charge in [-0.2, -0.15) is 12.1 Å². The maximum atomic E-state index is 10.6. The van der Waals surface area contributed by atoms with Gasteiger partial charge in [0.2, 0.25) is 5.91 Å². The van der Waals surface area contributed by atoms with E-state index < -0.39 is 0 Å². The number of nitrogen functional groups attached to an aromatic ring is 1. The van der Waals surface area contributed by atoms with E-state index >= 15 is 0 Å². The molecule has 86 valence electrons. The predicted molar refractivity (Wildman–Crippen MR) is 55.7 cm³/mol. The van der Waals surface area contributed by atoms with Crippen molar-refractivity contribution < 1.29 is 21.9 Å². The molecule has 3 N–H and O–H groups in total. The summed E-state index contributed by atoms with van der Waals surface area (Å²) in [5, 5.41) is 0. The average Bonchev–Trinajstić information content (AvgIpc) is 2.91. The Hall–Kier alpha value is -1.35. The Kier molecular flexibility index (Phi) is 7.28.